The molecule has 0 spiro atoms. The molecular formula is C15H18ClNO4. The summed E-state index contributed by atoms with van der Waals surface area (Å²) in [6.45, 7) is 2.35. The van der Waals surface area contributed by atoms with E-state index in [1.807, 2.05) is 6.92 Å². The fourth-order valence-electron chi connectivity index (χ4n) is 2.67. The topological polar surface area (TPSA) is 75.6 Å². The van der Waals surface area contributed by atoms with Gasteiger partial charge in [0.15, 0.2) is 0 Å². The van der Waals surface area contributed by atoms with E-state index in [4.69, 9.17) is 21.4 Å². The quantitative estimate of drug-likeness (QED) is 0.874. The first-order valence-electron chi connectivity index (χ1n) is 6.97. The van der Waals surface area contributed by atoms with E-state index in [1.165, 1.54) is 18.2 Å². The van der Waals surface area contributed by atoms with Crippen molar-refractivity contribution in [1.29, 1.82) is 0 Å². The predicted molar refractivity (Wildman–Crippen MR) is 79.9 cm³/mol. The van der Waals surface area contributed by atoms with Crippen LogP contribution in [0.15, 0.2) is 18.2 Å². The van der Waals surface area contributed by atoms with Gasteiger partial charge in [-0.3, -0.25) is 4.79 Å². The van der Waals surface area contributed by atoms with Crippen molar-refractivity contribution in [1.82, 2.24) is 0 Å². The van der Waals surface area contributed by atoms with Crippen LogP contribution in [0.25, 0.3) is 0 Å². The maximum Gasteiger partial charge on any atom is 0.337 e. The molecule has 2 N–H and O–H groups in total. The lowest BCUT2D eigenvalue weighted by molar-refractivity contribution is -0.140. The molecule has 1 aliphatic carbocycles. The molecule has 1 saturated carbocycles. The van der Waals surface area contributed by atoms with Crippen molar-refractivity contribution in [2.75, 3.05) is 11.9 Å². The number of nitrogens with one attached hydrogen (secondary N) is 1. The summed E-state index contributed by atoms with van der Waals surface area (Å²) in [4.78, 5) is 23.4. The summed E-state index contributed by atoms with van der Waals surface area (Å²) in [5, 5.41) is 11.8. The van der Waals surface area contributed by atoms with Gasteiger partial charge in [-0.05, 0) is 50.8 Å². The zero-order chi connectivity index (χ0) is 15.5. The number of halogens is 1. The van der Waals surface area contributed by atoms with Crippen LogP contribution in [0.3, 0.4) is 0 Å². The van der Waals surface area contributed by atoms with Gasteiger partial charge in [-0.1, -0.05) is 11.6 Å². The second-order valence-corrected chi connectivity index (χ2v) is 5.50. The monoisotopic (exact) mass is 311 g/mol. The minimum Gasteiger partial charge on any atom is -0.478 e. The van der Waals surface area contributed by atoms with Crippen LogP contribution in [0.5, 0.6) is 0 Å². The largest absolute Gasteiger partial charge is 0.478 e. The van der Waals surface area contributed by atoms with E-state index in [0.717, 1.165) is 12.8 Å². The van der Waals surface area contributed by atoms with Crippen LogP contribution in [0, 0.1) is 0 Å². The van der Waals surface area contributed by atoms with Gasteiger partial charge in [-0.25, -0.2) is 4.79 Å². The van der Waals surface area contributed by atoms with Crippen molar-refractivity contribution in [2.45, 2.75) is 38.2 Å². The van der Waals surface area contributed by atoms with Gasteiger partial charge in [0.25, 0.3) is 5.91 Å². The highest BCUT2D eigenvalue weighted by atomic mass is 35.5. The number of hydrogen-bond donors (Lipinski definition) is 2. The van der Waals surface area contributed by atoms with Crippen LogP contribution in [0.2, 0.25) is 5.02 Å². The number of ether oxygens (including phenoxy) is 1. The molecule has 1 amide bonds. The number of carbonyl (C=O) groups is 2. The number of carbonyl (C=O) groups excluding carboxylic acids is 1. The van der Waals surface area contributed by atoms with Crippen molar-refractivity contribution in [3.8, 4) is 0 Å². The average molecular weight is 312 g/mol. The molecule has 0 aromatic heterocycles. The Morgan fingerprint density at radius 1 is 1.38 bits per heavy atom. The van der Waals surface area contributed by atoms with E-state index < -0.39 is 11.6 Å². The molecule has 0 saturated heterocycles. The minimum absolute atomic E-state index is 0.00931. The second kappa shape index (κ2) is 6.45. The fourth-order valence-corrected chi connectivity index (χ4v) is 2.93. The van der Waals surface area contributed by atoms with Gasteiger partial charge in [-0.2, -0.15) is 0 Å². The molecular weight excluding hydrogens is 294 g/mol. The van der Waals surface area contributed by atoms with Gasteiger partial charge in [0, 0.05) is 12.3 Å². The Morgan fingerprint density at radius 3 is 2.57 bits per heavy atom. The molecule has 0 heterocycles. The molecule has 2 rings (SSSR count). The van der Waals surface area contributed by atoms with Crippen molar-refractivity contribution >= 4 is 29.2 Å². The van der Waals surface area contributed by atoms with E-state index in [9.17, 15) is 9.59 Å². The maximum atomic E-state index is 12.5. The molecule has 0 radical (unpaired) electrons. The molecule has 0 atom stereocenters. The summed E-state index contributed by atoms with van der Waals surface area (Å²) in [5.41, 5.74) is -0.289. The van der Waals surface area contributed by atoms with Crippen LogP contribution in [0.4, 0.5) is 5.69 Å². The van der Waals surface area contributed by atoms with E-state index >= 15 is 0 Å². The molecule has 1 aliphatic rings. The molecule has 5 nitrogen and oxygen atoms in total. The third kappa shape index (κ3) is 3.36. The number of aromatic carboxylic acids is 1. The molecule has 114 valence electrons. The zero-order valence-corrected chi connectivity index (χ0v) is 12.6. The standard InChI is InChI=1S/C15H18ClNO4/c1-2-21-15(7-3-4-8-15)14(20)17-10-5-6-11(13(18)19)12(16)9-10/h5-6,9H,2-4,7-8H2,1H3,(H,17,20)(H,18,19). The number of carboxylic acids is 1. The first kappa shape index (κ1) is 15.8. The Hall–Kier alpha value is -1.59. The number of benzene rings is 1. The highest BCUT2D eigenvalue weighted by Crippen LogP contribution is 2.34. The summed E-state index contributed by atoms with van der Waals surface area (Å²) >= 11 is 5.90. The van der Waals surface area contributed by atoms with Gasteiger partial charge in [0.1, 0.15) is 5.60 Å². The number of amides is 1. The highest BCUT2D eigenvalue weighted by Gasteiger charge is 2.42. The predicted octanol–water partition coefficient (Wildman–Crippen LogP) is 3.33. The van der Waals surface area contributed by atoms with Crippen LogP contribution in [-0.4, -0.2) is 29.2 Å². The smallest absolute Gasteiger partial charge is 0.337 e. The third-order valence-corrected chi connectivity index (χ3v) is 4.02. The van der Waals surface area contributed by atoms with E-state index in [1.54, 1.807) is 0 Å². The number of anilines is 1. The van der Waals surface area contributed by atoms with Crippen molar-refractivity contribution < 1.29 is 19.4 Å². The van der Waals surface area contributed by atoms with E-state index in [-0.39, 0.29) is 16.5 Å². The normalized spacial score (nSPS) is 16.7. The summed E-state index contributed by atoms with van der Waals surface area (Å²) in [5.74, 6) is -1.29. The van der Waals surface area contributed by atoms with Crippen molar-refractivity contribution in [2.24, 2.45) is 0 Å². The van der Waals surface area contributed by atoms with Gasteiger partial charge in [0.2, 0.25) is 0 Å². The van der Waals surface area contributed by atoms with Crippen molar-refractivity contribution in [3.63, 3.8) is 0 Å². The molecule has 0 unspecified atom stereocenters. The lowest BCUT2D eigenvalue weighted by Crippen LogP contribution is -2.43. The summed E-state index contributed by atoms with van der Waals surface area (Å²) in [6.07, 6.45) is 3.33. The van der Waals surface area contributed by atoms with Crippen LogP contribution in [-0.2, 0) is 9.53 Å². The van der Waals surface area contributed by atoms with Crippen LogP contribution >= 0.6 is 11.6 Å². The highest BCUT2D eigenvalue weighted by molar-refractivity contribution is 6.33. The SMILES string of the molecule is CCOC1(C(=O)Nc2ccc(C(=O)O)c(Cl)c2)CCCC1. The molecule has 0 bridgehead atoms. The van der Waals surface area contributed by atoms with Gasteiger partial charge in [-0.15, -0.1) is 0 Å². The van der Waals surface area contributed by atoms with Gasteiger partial charge < -0.3 is 15.2 Å². The first-order chi connectivity index (χ1) is 9.98. The zero-order valence-electron chi connectivity index (χ0n) is 11.8. The van der Waals surface area contributed by atoms with E-state index in [0.29, 0.717) is 25.1 Å². The summed E-state index contributed by atoms with van der Waals surface area (Å²) in [6, 6.07) is 4.35. The molecule has 1 aromatic carbocycles. The Balaban J connectivity index is 2.15. The average Bonchev–Trinajstić information content (AvgIpc) is 2.88. The van der Waals surface area contributed by atoms with Gasteiger partial charge >= 0.3 is 5.97 Å². The Kier molecular flexibility index (Phi) is 4.85. The number of hydrogen-bond acceptors (Lipinski definition) is 3. The number of rotatable bonds is 5. The Labute approximate surface area is 128 Å². The number of carboxylic acid groups (broad SMARTS) is 1. The fraction of sp³-hybridized carbons (Fsp3) is 0.467. The van der Waals surface area contributed by atoms with Crippen molar-refractivity contribution in [3.05, 3.63) is 28.8 Å². The molecule has 6 heteroatoms. The molecule has 0 aliphatic heterocycles. The molecule has 1 aromatic rings. The molecule has 1 fully saturated rings. The third-order valence-electron chi connectivity index (χ3n) is 3.70. The van der Waals surface area contributed by atoms with E-state index in [2.05, 4.69) is 5.32 Å². The maximum absolute atomic E-state index is 12.5. The van der Waals surface area contributed by atoms with Crippen LogP contribution in [0.1, 0.15) is 43.0 Å². The molecule has 21 heavy (non-hydrogen) atoms. The summed E-state index contributed by atoms with van der Waals surface area (Å²) < 4.78 is 5.68. The van der Waals surface area contributed by atoms with Gasteiger partial charge in [0.05, 0.1) is 10.6 Å². The Morgan fingerprint density at radius 2 is 2.05 bits per heavy atom. The lowest BCUT2D eigenvalue weighted by atomic mass is 10.0. The Bertz CT molecular complexity index is 553. The van der Waals surface area contributed by atoms with Crippen LogP contribution < -0.4 is 5.32 Å². The first-order valence-corrected chi connectivity index (χ1v) is 7.34. The second-order valence-electron chi connectivity index (χ2n) is 5.09. The summed E-state index contributed by atoms with van der Waals surface area (Å²) in [7, 11) is 0. The lowest BCUT2D eigenvalue weighted by Gasteiger charge is -2.27. The minimum atomic E-state index is -1.10.